The second-order valence-corrected chi connectivity index (χ2v) is 7.51. The maximum atomic E-state index is 13.4. The minimum Gasteiger partial charge on any atom is -0.388 e. The summed E-state index contributed by atoms with van der Waals surface area (Å²) in [7, 11) is 0. The molecule has 1 atom stereocenters. The van der Waals surface area contributed by atoms with Gasteiger partial charge in [-0.25, -0.2) is 4.39 Å². The number of likely N-dealkylation sites (tertiary alicyclic amines) is 1. The lowest BCUT2D eigenvalue weighted by Crippen LogP contribution is -2.43. The van der Waals surface area contributed by atoms with Crippen molar-refractivity contribution in [1.82, 2.24) is 9.80 Å². The number of hydrogen-bond donors (Lipinski definition) is 1. The third kappa shape index (κ3) is 5.40. The Bertz CT molecular complexity index is 760. The van der Waals surface area contributed by atoms with Gasteiger partial charge in [0.05, 0.1) is 12.6 Å². The molecule has 4 nitrogen and oxygen atoms in total. The number of piperidine rings is 1. The number of hydrogen-bond acceptors (Lipinski definition) is 3. The van der Waals surface area contributed by atoms with E-state index in [9.17, 15) is 14.3 Å². The zero-order valence-electron chi connectivity index (χ0n) is 16.4. The van der Waals surface area contributed by atoms with Gasteiger partial charge in [0.25, 0.3) is 0 Å². The minimum atomic E-state index is -0.445. The normalized spacial score (nSPS) is 16.7. The van der Waals surface area contributed by atoms with Gasteiger partial charge in [0.2, 0.25) is 5.91 Å². The van der Waals surface area contributed by atoms with Gasteiger partial charge in [-0.05, 0) is 62.0 Å². The number of nitrogens with zero attached hydrogens (tertiary/aromatic N) is 2. The van der Waals surface area contributed by atoms with Gasteiger partial charge in [0.15, 0.2) is 0 Å². The first-order valence-electron chi connectivity index (χ1n) is 10.0. The maximum absolute atomic E-state index is 13.4. The quantitative estimate of drug-likeness (QED) is 0.793. The Morgan fingerprint density at radius 1 is 1.18 bits per heavy atom. The van der Waals surface area contributed by atoms with E-state index in [2.05, 4.69) is 4.90 Å². The lowest BCUT2D eigenvalue weighted by molar-refractivity contribution is -0.133. The van der Waals surface area contributed by atoms with Crippen molar-refractivity contribution in [2.24, 2.45) is 5.92 Å². The summed E-state index contributed by atoms with van der Waals surface area (Å²) >= 11 is 0. The van der Waals surface area contributed by atoms with Crippen molar-refractivity contribution in [1.29, 1.82) is 0 Å². The average molecular weight is 384 g/mol. The molecule has 0 saturated carbocycles. The molecule has 1 heterocycles. The highest BCUT2D eigenvalue weighted by Gasteiger charge is 2.27. The Labute approximate surface area is 166 Å². The molecule has 0 radical (unpaired) electrons. The summed E-state index contributed by atoms with van der Waals surface area (Å²) in [6.45, 7) is 4.95. The largest absolute Gasteiger partial charge is 0.388 e. The van der Waals surface area contributed by atoms with E-state index < -0.39 is 6.10 Å². The molecule has 1 aliphatic rings. The molecule has 1 aliphatic heterocycles. The van der Waals surface area contributed by atoms with E-state index in [0.29, 0.717) is 19.6 Å². The monoisotopic (exact) mass is 384 g/mol. The molecular weight excluding hydrogens is 355 g/mol. The van der Waals surface area contributed by atoms with E-state index >= 15 is 0 Å². The van der Waals surface area contributed by atoms with Crippen molar-refractivity contribution in [3.63, 3.8) is 0 Å². The lowest BCUT2D eigenvalue weighted by Gasteiger charge is -2.35. The number of benzene rings is 2. The van der Waals surface area contributed by atoms with E-state index in [1.54, 1.807) is 11.0 Å². The van der Waals surface area contributed by atoms with Gasteiger partial charge < -0.3 is 10.0 Å². The van der Waals surface area contributed by atoms with Crippen molar-refractivity contribution >= 4 is 5.91 Å². The van der Waals surface area contributed by atoms with Crippen LogP contribution in [0.25, 0.3) is 0 Å². The average Bonchev–Trinajstić information content (AvgIpc) is 2.72. The highest BCUT2D eigenvalue weighted by Crippen LogP contribution is 2.30. The van der Waals surface area contributed by atoms with Crippen molar-refractivity contribution in [2.45, 2.75) is 32.4 Å². The summed E-state index contributed by atoms with van der Waals surface area (Å²) in [4.78, 5) is 16.6. The van der Waals surface area contributed by atoms with Crippen molar-refractivity contribution in [2.75, 3.05) is 26.2 Å². The van der Waals surface area contributed by atoms with Crippen LogP contribution in [0.2, 0.25) is 0 Å². The smallest absolute Gasteiger partial charge is 0.237 e. The third-order valence-electron chi connectivity index (χ3n) is 5.58. The van der Waals surface area contributed by atoms with Gasteiger partial charge in [0, 0.05) is 13.1 Å². The molecule has 1 amide bonds. The maximum Gasteiger partial charge on any atom is 0.237 e. The number of carbonyl (C=O) groups is 1. The summed E-state index contributed by atoms with van der Waals surface area (Å²) in [5, 5.41) is 10.6. The van der Waals surface area contributed by atoms with Gasteiger partial charge >= 0.3 is 0 Å². The molecule has 3 rings (SSSR count). The summed E-state index contributed by atoms with van der Waals surface area (Å²) < 4.78 is 13.4. The minimum absolute atomic E-state index is 0.0637. The Balaban J connectivity index is 1.49. The van der Waals surface area contributed by atoms with Gasteiger partial charge in [-0.1, -0.05) is 42.5 Å². The predicted octanol–water partition coefficient (Wildman–Crippen LogP) is 3.62. The Hall–Kier alpha value is -2.24. The fourth-order valence-corrected chi connectivity index (χ4v) is 3.87. The van der Waals surface area contributed by atoms with E-state index in [-0.39, 0.29) is 17.6 Å². The van der Waals surface area contributed by atoms with Crippen LogP contribution in [0.3, 0.4) is 0 Å². The number of likely N-dealkylation sites (N-methyl/N-ethyl adjacent to an activating group) is 1. The molecule has 1 fully saturated rings. The van der Waals surface area contributed by atoms with Crippen LogP contribution in [-0.2, 0) is 11.3 Å². The molecule has 0 aliphatic carbocycles. The molecule has 2 aromatic carbocycles. The summed E-state index contributed by atoms with van der Waals surface area (Å²) in [5.74, 6) is 0.0113. The second-order valence-electron chi connectivity index (χ2n) is 7.51. The molecule has 1 N–H and O–H groups in total. The summed E-state index contributed by atoms with van der Waals surface area (Å²) in [6, 6.07) is 16.2. The van der Waals surface area contributed by atoms with Crippen molar-refractivity contribution in [3.05, 3.63) is 71.5 Å². The predicted molar refractivity (Wildman–Crippen MR) is 108 cm³/mol. The molecule has 2 aromatic rings. The van der Waals surface area contributed by atoms with Crippen LogP contribution in [0.5, 0.6) is 0 Å². The second kappa shape index (κ2) is 9.80. The molecule has 28 heavy (non-hydrogen) atoms. The van der Waals surface area contributed by atoms with Crippen molar-refractivity contribution in [3.8, 4) is 0 Å². The van der Waals surface area contributed by atoms with Gasteiger partial charge in [-0.3, -0.25) is 9.69 Å². The number of aliphatic hydroxyl groups excluding tert-OH is 1. The van der Waals surface area contributed by atoms with E-state index in [1.807, 2.05) is 43.3 Å². The summed E-state index contributed by atoms with van der Waals surface area (Å²) in [6.07, 6.45) is 1.30. The van der Waals surface area contributed by atoms with Crippen LogP contribution in [0.1, 0.15) is 37.0 Å². The van der Waals surface area contributed by atoms with E-state index in [0.717, 1.165) is 37.1 Å². The van der Waals surface area contributed by atoms with Crippen LogP contribution in [-0.4, -0.2) is 47.0 Å². The summed E-state index contributed by atoms with van der Waals surface area (Å²) in [5.41, 5.74) is 1.77. The van der Waals surface area contributed by atoms with Crippen LogP contribution >= 0.6 is 0 Å². The molecule has 0 spiro atoms. The SMILES string of the molecule is CCN(Cc1cccc(F)c1)C(=O)CN1CCC([C@H](O)c2ccccc2)CC1. The topological polar surface area (TPSA) is 43.8 Å². The lowest BCUT2D eigenvalue weighted by atomic mass is 9.87. The molecule has 1 saturated heterocycles. The number of halogens is 1. The Kier molecular flexibility index (Phi) is 7.18. The van der Waals surface area contributed by atoms with Gasteiger partial charge in [0.1, 0.15) is 5.82 Å². The van der Waals surface area contributed by atoms with E-state index in [4.69, 9.17) is 0 Å². The standard InChI is InChI=1S/C23H29FN2O2/c1-2-26(16-18-7-6-10-21(24)15-18)22(27)17-25-13-11-20(12-14-25)23(28)19-8-4-3-5-9-19/h3-10,15,20,23,28H,2,11-14,16-17H2,1H3/t23-/m1/s1. The molecular formula is C23H29FN2O2. The third-order valence-corrected chi connectivity index (χ3v) is 5.58. The molecule has 5 heteroatoms. The van der Waals surface area contributed by atoms with Crippen LogP contribution in [0, 0.1) is 11.7 Å². The van der Waals surface area contributed by atoms with Crippen LogP contribution < -0.4 is 0 Å². The fraction of sp³-hybridized carbons (Fsp3) is 0.435. The Morgan fingerprint density at radius 3 is 2.54 bits per heavy atom. The van der Waals surface area contributed by atoms with Crippen molar-refractivity contribution < 1.29 is 14.3 Å². The first-order valence-corrected chi connectivity index (χ1v) is 10.0. The first-order chi connectivity index (χ1) is 13.6. The van der Waals surface area contributed by atoms with Gasteiger partial charge in [-0.15, -0.1) is 0 Å². The molecule has 150 valence electrons. The molecule has 0 unspecified atom stereocenters. The van der Waals surface area contributed by atoms with Gasteiger partial charge in [-0.2, -0.15) is 0 Å². The van der Waals surface area contributed by atoms with Crippen LogP contribution in [0.15, 0.2) is 54.6 Å². The zero-order chi connectivity index (χ0) is 19.9. The first kappa shape index (κ1) is 20.5. The number of amides is 1. The number of rotatable bonds is 7. The highest BCUT2D eigenvalue weighted by molar-refractivity contribution is 5.78. The highest BCUT2D eigenvalue weighted by atomic mass is 19.1. The molecule has 0 aromatic heterocycles. The Morgan fingerprint density at radius 2 is 1.89 bits per heavy atom. The zero-order valence-corrected chi connectivity index (χ0v) is 16.4. The number of aliphatic hydroxyl groups is 1. The number of carbonyl (C=O) groups excluding carboxylic acids is 1. The molecule has 0 bridgehead atoms. The van der Waals surface area contributed by atoms with E-state index in [1.165, 1.54) is 12.1 Å². The fourth-order valence-electron chi connectivity index (χ4n) is 3.87. The van der Waals surface area contributed by atoms with Crippen LogP contribution in [0.4, 0.5) is 4.39 Å².